The number of carbonyl (C=O) groups excluding carboxylic acids is 1. The SMILES string of the molecule is NCC#Cc1ccc(C(=O)NCc2ccco2)cc1. The number of benzene rings is 1. The zero-order valence-corrected chi connectivity index (χ0v) is 10.3. The molecule has 1 aromatic carbocycles. The second-order valence-corrected chi connectivity index (χ2v) is 3.85. The Morgan fingerprint density at radius 2 is 2.05 bits per heavy atom. The van der Waals surface area contributed by atoms with Crippen LogP contribution < -0.4 is 11.1 Å². The van der Waals surface area contributed by atoms with E-state index in [2.05, 4.69) is 17.2 Å². The van der Waals surface area contributed by atoms with E-state index in [1.54, 1.807) is 36.6 Å². The fourth-order valence-corrected chi connectivity index (χ4v) is 1.54. The Morgan fingerprint density at radius 1 is 1.26 bits per heavy atom. The Morgan fingerprint density at radius 3 is 2.68 bits per heavy atom. The molecule has 0 saturated heterocycles. The summed E-state index contributed by atoms with van der Waals surface area (Å²) in [4.78, 5) is 11.9. The number of nitrogens with two attached hydrogens (primary N) is 1. The Bertz CT molecular complexity index is 589. The van der Waals surface area contributed by atoms with Crippen LogP contribution in [0.3, 0.4) is 0 Å². The molecule has 0 atom stereocenters. The summed E-state index contributed by atoms with van der Waals surface area (Å²) in [5.74, 6) is 6.24. The molecule has 0 saturated carbocycles. The molecule has 0 unspecified atom stereocenters. The van der Waals surface area contributed by atoms with Crippen molar-refractivity contribution in [2.24, 2.45) is 5.73 Å². The Balaban J connectivity index is 1.95. The zero-order valence-electron chi connectivity index (χ0n) is 10.3. The van der Waals surface area contributed by atoms with Crippen molar-refractivity contribution in [3.8, 4) is 11.8 Å². The van der Waals surface area contributed by atoms with E-state index in [-0.39, 0.29) is 5.91 Å². The molecule has 96 valence electrons. The molecule has 0 radical (unpaired) electrons. The molecular formula is C15H14N2O2. The van der Waals surface area contributed by atoms with Gasteiger partial charge in [-0.05, 0) is 36.4 Å². The summed E-state index contributed by atoms with van der Waals surface area (Å²) in [6.07, 6.45) is 1.58. The summed E-state index contributed by atoms with van der Waals surface area (Å²) in [5, 5.41) is 2.78. The molecule has 4 heteroatoms. The first-order valence-corrected chi connectivity index (χ1v) is 5.89. The summed E-state index contributed by atoms with van der Waals surface area (Å²) in [7, 11) is 0. The lowest BCUT2D eigenvalue weighted by Gasteiger charge is -2.03. The topological polar surface area (TPSA) is 68.3 Å². The number of hydrogen-bond donors (Lipinski definition) is 2. The molecule has 0 aliphatic heterocycles. The van der Waals surface area contributed by atoms with E-state index in [0.29, 0.717) is 18.7 Å². The van der Waals surface area contributed by atoms with Crippen molar-refractivity contribution in [3.63, 3.8) is 0 Å². The summed E-state index contributed by atoms with van der Waals surface area (Å²) in [5.41, 5.74) is 6.72. The van der Waals surface area contributed by atoms with Gasteiger partial charge in [0.05, 0.1) is 19.4 Å². The zero-order chi connectivity index (χ0) is 13.5. The van der Waals surface area contributed by atoms with E-state index in [0.717, 1.165) is 11.3 Å². The molecule has 19 heavy (non-hydrogen) atoms. The van der Waals surface area contributed by atoms with E-state index in [1.165, 1.54) is 0 Å². The number of rotatable bonds is 3. The van der Waals surface area contributed by atoms with Crippen LogP contribution in [-0.2, 0) is 6.54 Å². The van der Waals surface area contributed by atoms with E-state index >= 15 is 0 Å². The van der Waals surface area contributed by atoms with Crippen molar-refractivity contribution in [2.75, 3.05) is 6.54 Å². The van der Waals surface area contributed by atoms with E-state index in [9.17, 15) is 4.79 Å². The molecule has 2 aromatic rings. The average Bonchev–Trinajstić information content (AvgIpc) is 2.96. The van der Waals surface area contributed by atoms with Crippen molar-refractivity contribution < 1.29 is 9.21 Å². The van der Waals surface area contributed by atoms with Crippen LogP contribution in [0.15, 0.2) is 47.1 Å². The van der Waals surface area contributed by atoms with E-state index in [1.807, 2.05) is 6.07 Å². The number of amides is 1. The standard InChI is InChI=1S/C15H14N2O2/c16-9-1-3-12-5-7-13(8-6-12)15(18)17-11-14-4-2-10-19-14/h2,4-8,10H,9,11,16H2,(H,17,18). The molecule has 2 rings (SSSR count). The van der Waals surface area contributed by atoms with Crippen LogP contribution >= 0.6 is 0 Å². The Labute approximate surface area is 111 Å². The van der Waals surface area contributed by atoms with Gasteiger partial charge in [0, 0.05) is 11.1 Å². The highest BCUT2D eigenvalue weighted by Crippen LogP contribution is 2.04. The van der Waals surface area contributed by atoms with Gasteiger partial charge in [0.1, 0.15) is 5.76 Å². The third-order valence-corrected chi connectivity index (χ3v) is 2.49. The summed E-state index contributed by atoms with van der Waals surface area (Å²) >= 11 is 0. The van der Waals surface area contributed by atoms with E-state index in [4.69, 9.17) is 10.2 Å². The predicted molar refractivity (Wildman–Crippen MR) is 72.3 cm³/mol. The molecule has 0 bridgehead atoms. The fraction of sp³-hybridized carbons (Fsp3) is 0.133. The van der Waals surface area contributed by atoms with Crippen molar-refractivity contribution in [2.45, 2.75) is 6.54 Å². The second kappa shape index (κ2) is 6.43. The molecule has 1 aromatic heterocycles. The highest BCUT2D eigenvalue weighted by atomic mass is 16.3. The number of nitrogens with one attached hydrogen (secondary N) is 1. The minimum atomic E-state index is -0.144. The van der Waals surface area contributed by atoms with Crippen LogP contribution in [0.1, 0.15) is 21.7 Å². The van der Waals surface area contributed by atoms with E-state index < -0.39 is 0 Å². The van der Waals surface area contributed by atoms with Crippen molar-refractivity contribution in [3.05, 3.63) is 59.5 Å². The van der Waals surface area contributed by atoms with Gasteiger partial charge in [0.2, 0.25) is 0 Å². The lowest BCUT2D eigenvalue weighted by Crippen LogP contribution is -2.22. The van der Waals surface area contributed by atoms with Gasteiger partial charge in [-0.25, -0.2) is 0 Å². The van der Waals surface area contributed by atoms with Crippen molar-refractivity contribution >= 4 is 5.91 Å². The summed E-state index contributed by atoms with van der Waals surface area (Å²) < 4.78 is 5.14. The van der Waals surface area contributed by atoms with Gasteiger partial charge < -0.3 is 15.5 Å². The van der Waals surface area contributed by atoms with Gasteiger partial charge >= 0.3 is 0 Å². The maximum absolute atomic E-state index is 11.9. The molecule has 4 nitrogen and oxygen atoms in total. The van der Waals surface area contributed by atoms with Crippen LogP contribution in [0.4, 0.5) is 0 Å². The van der Waals surface area contributed by atoms with Gasteiger partial charge in [-0.3, -0.25) is 4.79 Å². The van der Waals surface area contributed by atoms with Crippen LogP contribution in [0.5, 0.6) is 0 Å². The third kappa shape index (κ3) is 3.73. The van der Waals surface area contributed by atoms with Crippen LogP contribution in [-0.4, -0.2) is 12.5 Å². The number of furan rings is 1. The van der Waals surface area contributed by atoms with Gasteiger partial charge in [-0.2, -0.15) is 0 Å². The first-order valence-electron chi connectivity index (χ1n) is 5.89. The molecule has 0 aliphatic rings. The molecule has 0 fully saturated rings. The monoisotopic (exact) mass is 254 g/mol. The smallest absolute Gasteiger partial charge is 0.251 e. The molecular weight excluding hydrogens is 240 g/mol. The Kier molecular flexibility index (Phi) is 4.38. The van der Waals surface area contributed by atoms with Crippen molar-refractivity contribution in [1.29, 1.82) is 0 Å². The normalized spacial score (nSPS) is 9.53. The minimum absolute atomic E-state index is 0.144. The van der Waals surface area contributed by atoms with Gasteiger partial charge in [-0.15, -0.1) is 0 Å². The predicted octanol–water partition coefficient (Wildman–Crippen LogP) is 1.52. The van der Waals surface area contributed by atoms with Crippen LogP contribution in [0, 0.1) is 11.8 Å². The molecule has 1 heterocycles. The van der Waals surface area contributed by atoms with Gasteiger partial charge in [0.25, 0.3) is 5.91 Å². The highest BCUT2D eigenvalue weighted by molar-refractivity contribution is 5.94. The molecule has 3 N–H and O–H groups in total. The second-order valence-electron chi connectivity index (χ2n) is 3.85. The first kappa shape index (κ1) is 12.9. The largest absolute Gasteiger partial charge is 0.467 e. The number of carbonyl (C=O) groups is 1. The maximum atomic E-state index is 11.9. The minimum Gasteiger partial charge on any atom is -0.467 e. The lowest BCUT2D eigenvalue weighted by molar-refractivity contribution is 0.0948. The first-order chi connectivity index (χ1) is 9.29. The van der Waals surface area contributed by atoms with Gasteiger partial charge in [0.15, 0.2) is 0 Å². The molecule has 0 aliphatic carbocycles. The Hall–Kier alpha value is -2.51. The maximum Gasteiger partial charge on any atom is 0.251 e. The fourth-order valence-electron chi connectivity index (χ4n) is 1.54. The van der Waals surface area contributed by atoms with Crippen molar-refractivity contribution in [1.82, 2.24) is 5.32 Å². The van der Waals surface area contributed by atoms with Gasteiger partial charge in [-0.1, -0.05) is 11.8 Å². The quantitative estimate of drug-likeness (QED) is 0.816. The van der Waals surface area contributed by atoms with Crippen LogP contribution in [0.2, 0.25) is 0 Å². The molecule has 1 amide bonds. The number of hydrogen-bond acceptors (Lipinski definition) is 3. The summed E-state index contributed by atoms with van der Waals surface area (Å²) in [6, 6.07) is 10.7. The average molecular weight is 254 g/mol. The third-order valence-electron chi connectivity index (χ3n) is 2.49. The molecule has 0 spiro atoms. The highest BCUT2D eigenvalue weighted by Gasteiger charge is 2.05. The van der Waals surface area contributed by atoms with Crippen LogP contribution in [0.25, 0.3) is 0 Å². The lowest BCUT2D eigenvalue weighted by atomic mass is 10.1. The summed E-state index contributed by atoms with van der Waals surface area (Å²) in [6.45, 7) is 0.700.